The van der Waals surface area contributed by atoms with Crippen LogP contribution in [-0.2, 0) is 6.54 Å². The van der Waals surface area contributed by atoms with Crippen molar-refractivity contribution in [3.63, 3.8) is 0 Å². The van der Waals surface area contributed by atoms with Gasteiger partial charge in [0.05, 0.1) is 18.6 Å². The van der Waals surface area contributed by atoms with Crippen LogP contribution in [-0.4, -0.2) is 21.6 Å². The minimum absolute atomic E-state index is 0. The van der Waals surface area contributed by atoms with Gasteiger partial charge in [0.1, 0.15) is 0 Å². The monoisotopic (exact) mass is 425 g/mol. The van der Waals surface area contributed by atoms with Crippen molar-refractivity contribution in [2.24, 2.45) is 10.7 Å². The summed E-state index contributed by atoms with van der Waals surface area (Å²) in [7, 11) is 0. The normalized spacial score (nSPS) is 15.9. The first kappa shape index (κ1) is 17.8. The highest BCUT2D eigenvalue weighted by Gasteiger charge is 2.13. The van der Waals surface area contributed by atoms with Gasteiger partial charge in [-0.15, -0.1) is 24.0 Å². The van der Waals surface area contributed by atoms with Gasteiger partial charge < -0.3 is 15.6 Å². The SMILES string of the molecule is I.NC(=NCc1ccccc1-n1ccnc1)NC1CCCCC1. The Hall–Kier alpha value is -1.57. The third-order valence-corrected chi connectivity index (χ3v) is 4.15. The molecule has 0 aliphatic heterocycles. The van der Waals surface area contributed by atoms with Gasteiger partial charge in [0.15, 0.2) is 5.96 Å². The van der Waals surface area contributed by atoms with Gasteiger partial charge in [-0.3, -0.25) is 0 Å². The van der Waals surface area contributed by atoms with E-state index in [0.717, 1.165) is 11.3 Å². The zero-order chi connectivity index (χ0) is 15.2. The van der Waals surface area contributed by atoms with Crippen LogP contribution in [0, 0.1) is 0 Å². The van der Waals surface area contributed by atoms with Crippen LogP contribution < -0.4 is 11.1 Å². The molecule has 124 valence electrons. The van der Waals surface area contributed by atoms with Crippen LogP contribution in [0.4, 0.5) is 0 Å². The van der Waals surface area contributed by atoms with Gasteiger partial charge in [-0.25, -0.2) is 9.98 Å². The van der Waals surface area contributed by atoms with E-state index in [1.807, 2.05) is 22.9 Å². The highest BCUT2D eigenvalue weighted by Crippen LogP contribution is 2.17. The summed E-state index contributed by atoms with van der Waals surface area (Å²) >= 11 is 0. The molecule has 0 saturated heterocycles. The lowest BCUT2D eigenvalue weighted by molar-refractivity contribution is 0.412. The topological polar surface area (TPSA) is 68.2 Å². The van der Waals surface area contributed by atoms with Crippen LogP contribution in [0.1, 0.15) is 37.7 Å². The second kappa shape index (κ2) is 8.90. The average molecular weight is 425 g/mol. The lowest BCUT2D eigenvalue weighted by atomic mass is 9.96. The van der Waals surface area contributed by atoms with E-state index in [9.17, 15) is 0 Å². The molecule has 0 radical (unpaired) electrons. The minimum atomic E-state index is 0. The molecule has 1 saturated carbocycles. The minimum Gasteiger partial charge on any atom is -0.370 e. The van der Waals surface area contributed by atoms with E-state index < -0.39 is 0 Å². The third-order valence-electron chi connectivity index (χ3n) is 4.15. The summed E-state index contributed by atoms with van der Waals surface area (Å²) in [5, 5.41) is 3.35. The number of aliphatic imine (C=N–C) groups is 1. The Labute approximate surface area is 154 Å². The van der Waals surface area contributed by atoms with Crippen molar-refractivity contribution < 1.29 is 0 Å². The first-order valence-electron chi connectivity index (χ1n) is 7.95. The van der Waals surface area contributed by atoms with Crippen molar-refractivity contribution in [2.45, 2.75) is 44.7 Å². The van der Waals surface area contributed by atoms with Crippen molar-refractivity contribution in [2.75, 3.05) is 0 Å². The molecule has 0 unspecified atom stereocenters. The van der Waals surface area contributed by atoms with Crippen LogP contribution >= 0.6 is 24.0 Å². The summed E-state index contributed by atoms with van der Waals surface area (Å²) in [5.41, 5.74) is 8.27. The van der Waals surface area contributed by atoms with Crippen molar-refractivity contribution in [3.05, 3.63) is 48.5 Å². The second-order valence-electron chi connectivity index (χ2n) is 5.78. The molecule has 3 N–H and O–H groups in total. The largest absolute Gasteiger partial charge is 0.370 e. The fourth-order valence-electron chi connectivity index (χ4n) is 2.97. The highest BCUT2D eigenvalue weighted by molar-refractivity contribution is 14.0. The number of halogens is 1. The molecule has 1 aliphatic carbocycles. The Morgan fingerprint density at radius 3 is 2.78 bits per heavy atom. The van der Waals surface area contributed by atoms with Crippen LogP contribution in [0.25, 0.3) is 5.69 Å². The van der Waals surface area contributed by atoms with Gasteiger partial charge in [-0.2, -0.15) is 0 Å². The maximum absolute atomic E-state index is 6.04. The second-order valence-corrected chi connectivity index (χ2v) is 5.78. The standard InChI is InChI=1S/C17H23N5.HI/c18-17(21-15-7-2-1-3-8-15)20-12-14-6-4-5-9-16(14)22-11-10-19-13-22;/h4-6,9-11,13,15H,1-3,7-8,12H2,(H3,18,20,21);1H. The van der Waals surface area contributed by atoms with Crippen LogP contribution in [0.15, 0.2) is 48.0 Å². The van der Waals surface area contributed by atoms with Gasteiger partial charge >= 0.3 is 0 Å². The van der Waals surface area contributed by atoms with E-state index in [4.69, 9.17) is 5.73 Å². The summed E-state index contributed by atoms with van der Waals surface area (Å²) in [5.74, 6) is 0.548. The van der Waals surface area contributed by atoms with E-state index in [0.29, 0.717) is 18.5 Å². The lowest BCUT2D eigenvalue weighted by Gasteiger charge is -2.23. The van der Waals surface area contributed by atoms with E-state index in [1.54, 1.807) is 12.5 Å². The Bertz CT molecular complexity index is 618. The van der Waals surface area contributed by atoms with E-state index >= 15 is 0 Å². The van der Waals surface area contributed by atoms with E-state index in [-0.39, 0.29) is 24.0 Å². The molecule has 1 heterocycles. The summed E-state index contributed by atoms with van der Waals surface area (Å²) in [6, 6.07) is 8.67. The maximum Gasteiger partial charge on any atom is 0.189 e. The molecule has 6 heteroatoms. The molecule has 1 aromatic heterocycles. The van der Waals surface area contributed by atoms with Crippen LogP contribution in [0.2, 0.25) is 0 Å². The molecular weight excluding hydrogens is 401 g/mol. The molecular formula is C17H24IN5. The molecule has 0 amide bonds. The Morgan fingerprint density at radius 2 is 2.04 bits per heavy atom. The van der Waals surface area contributed by atoms with Crippen molar-refractivity contribution >= 4 is 29.9 Å². The molecule has 1 aromatic carbocycles. The molecule has 0 atom stereocenters. The molecule has 1 aliphatic rings. The average Bonchev–Trinajstić information content (AvgIpc) is 3.08. The first-order valence-corrected chi connectivity index (χ1v) is 7.95. The number of aromatic nitrogens is 2. The molecule has 0 spiro atoms. The quantitative estimate of drug-likeness (QED) is 0.449. The molecule has 1 fully saturated rings. The summed E-state index contributed by atoms with van der Waals surface area (Å²) in [4.78, 5) is 8.61. The van der Waals surface area contributed by atoms with E-state index in [1.165, 1.54) is 32.1 Å². The zero-order valence-electron chi connectivity index (χ0n) is 13.2. The van der Waals surface area contributed by atoms with Gasteiger partial charge in [-0.1, -0.05) is 37.5 Å². The molecule has 23 heavy (non-hydrogen) atoms. The number of imidazole rings is 1. The van der Waals surface area contributed by atoms with Crippen molar-refractivity contribution in [3.8, 4) is 5.69 Å². The maximum atomic E-state index is 6.04. The van der Waals surface area contributed by atoms with Gasteiger partial charge in [0.25, 0.3) is 0 Å². The number of para-hydroxylation sites is 1. The predicted molar refractivity (Wildman–Crippen MR) is 104 cm³/mol. The van der Waals surface area contributed by atoms with Crippen molar-refractivity contribution in [1.29, 1.82) is 0 Å². The molecule has 2 aromatic rings. The number of hydrogen-bond donors (Lipinski definition) is 2. The molecule has 0 bridgehead atoms. The summed E-state index contributed by atoms with van der Waals surface area (Å²) in [6.07, 6.45) is 11.8. The van der Waals surface area contributed by atoms with Crippen LogP contribution in [0.5, 0.6) is 0 Å². The fourth-order valence-corrected chi connectivity index (χ4v) is 2.97. The smallest absolute Gasteiger partial charge is 0.189 e. The zero-order valence-corrected chi connectivity index (χ0v) is 15.5. The Balaban J connectivity index is 0.00000192. The number of rotatable bonds is 4. The fraction of sp³-hybridized carbons (Fsp3) is 0.412. The summed E-state index contributed by atoms with van der Waals surface area (Å²) in [6.45, 7) is 0.569. The number of nitrogens with one attached hydrogen (secondary N) is 1. The number of hydrogen-bond acceptors (Lipinski definition) is 2. The number of nitrogens with two attached hydrogens (primary N) is 1. The highest BCUT2D eigenvalue weighted by atomic mass is 127. The molecule has 5 nitrogen and oxygen atoms in total. The van der Waals surface area contributed by atoms with Gasteiger partial charge in [0.2, 0.25) is 0 Å². The van der Waals surface area contributed by atoms with Crippen molar-refractivity contribution in [1.82, 2.24) is 14.9 Å². The van der Waals surface area contributed by atoms with E-state index in [2.05, 4.69) is 27.4 Å². The number of nitrogens with zero attached hydrogens (tertiary/aromatic N) is 3. The predicted octanol–water partition coefficient (Wildman–Crippen LogP) is 3.23. The van der Waals surface area contributed by atoms with Gasteiger partial charge in [0, 0.05) is 18.4 Å². The van der Waals surface area contributed by atoms with Crippen LogP contribution in [0.3, 0.4) is 0 Å². The number of benzene rings is 1. The summed E-state index contributed by atoms with van der Waals surface area (Å²) < 4.78 is 2.00. The molecule has 3 rings (SSSR count). The van der Waals surface area contributed by atoms with Gasteiger partial charge in [-0.05, 0) is 24.5 Å². The third kappa shape index (κ3) is 4.95. The Kier molecular flexibility index (Phi) is 6.88. The lowest BCUT2D eigenvalue weighted by Crippen LogP contribution is -2.41. The Morgan fingerprint density at radius 1 is 1.26 bits per heavy atom. The first-order chi connectivity index (χ1) is 10.8. The number of guanidine groups is 1.